The smallest absolute Gasteiger partial charge is 0.319 e. The van der Waals surface area contributed by atoms with Crippen LogP contribution in [0.4, 0.5) is 10.5 Å². The average molecular weight is 305 g/mol. The van der Waals surface area contributed by atoms with Gasteiger partial charge in [0.2, 0.25) is 0 Å². The van der Waals surface area contributed by atoms with E-state index in [-0.39, 0.29) is 6.03 Å². The lowest BCUT2D eigenvalue weighted by molar-refractivity contribution is 0.252. The summed E-state index contributed by atoms with van der Waals surface area (Å²) in [5, 5.41) is 5.86. The van der Waals surface area contributed by atoms with Crippen LogP contribution in [-0.4, -0.2) is 35.9 Å². The maximum atomic E-state index is 11.6. The third kappa shape index (κ3) is 5.08. The summed E-state index contributed by atoms with van der Waals surface area (Å²) in [7, 11) is 0.578. The molecule has 2 amide bonds. The Hall–Kier alpha value is -1.27. The number of halogens is 1. The average Bonchev–Trinajstić information content (AvgIpc) is 2.33. The Balaban J connectivity index is 2.68. The SMILES string of the molecule is COc1cc(Cl)c(C)cc1NC(=O)NCC[S@](C)=O. The molecule has 0 aromatic heterocycles. The summed E-state index contributed by atoms with van der Waals surface area (Å²) in [5.74, 6) is 0.911. The lowest BCUT2D eigenvalue weighted by Gasteiger charge is -2.12. The largest absolute Gasteiger partial charge is 0.495 e. The van der Waals surface area contributed by atoms with Crippen LogP contribution in [0.3, 0.4) is 0 Å². The number of ether oxygens (including phenoxy) is 1. The van der Waals surface area contributed by atoms with Gasteiger partial charge in [0.1, 0.15) is 5.75 Å². The minimum Gasteiger partial charge on any atom is -0.495 e. The van der Waals surface area contributed by atoms with Crippen molar-refractivity contribution in [2.45, 2.75) is 6.92 Å². The number of carbonyl (C=O) groups is 1. The van der Waals surface area contributed by atoms with Gasteiger partial charge >= 0.3 is 6.03 Å². The van der Waals surface area contributed by atoms with Crippen molar-refractivity contribution in [2.75, 3.05) is 31.0 Å². The highest BCUT2D eigenvalue weighted by Crippen LogP contribution is 2.30. The Morgan fingerprint density at radius 3 is 2.74 bits per heavy atom. The number of urea groups is 1. The number of methoxy groups -OCH3 is 1. The van der Waals surface area contributed by atoms with Crippen molar-refractivity contribution in [3.63, 3.8) is 0 Å². The number of aryl methyl sites for hydroxylation is 1. The first kappa shape index (κ1) is 15.8. The molecule has 1 atom stereocenters. The van der Waals surface area contributed by atoms with Gasteiger partial charge in [0, 0.05) is 40.4 Å². The molecule has 0 unspecified atom stereocenters. The van der Waals surface area contributed by atoms with Crippen LogP contribution in [0.25, 0.3) is 0 Å². The Bertz CT molecular complexity index is 494. The van der Waals surface area contributed by atoms with Crippen LogP contribution in [0.1, 0.15) is 5.56 Å². The van der Waals surface area contributed by atoms with Gasteiger partial charge in [0.15, 0.2) is 0 Å². The number of hydrogen-bond acceptors (Lipinski definition) is 3. The molecule has 106 valence electrons. The predicted molar refractivity (Wildman–Crippen MR) is 78.7 cm³/mol. The second kappa shape index (κ2) is 7.35. The molecule has 5 nitrogen and oxygen atoms in total. The summed E-state index contributed by atoms with van der Waals surface area (Å²) >= 11 is 5.98. The molecule has 0 heterocycles. The van der Waals surface area contributed by atoms with E-state index in [2.05, 4.69) is 10.6 Å². The third-order valence-corrected chi connectivity index (χ3v) is 3.59. The molecule has 0 fully saturated rings. The molecule has 1 aromatic rings. The predicted octanol–water partition coefficient (Wildman–Crippen LogP) is 2.16. The van der Waals surface area contributed by atoms with E-state index in [4.69, 9.17) is 16.3 Å². The van der Waals surface area contributed by atoms with Crippen molar-refractivity contribution >= 4 is 34.1 Å². The van der Waals surface area contributed by atoms with Gasteiger partial charge in [0.05, 0.1) is 12.8 Å². The number of hydrogen-bond donors (Lipinski definition) is 2. The van der Waals surface area contributed by atoms with E-state index in [0.717, 1.165) is 5.56 Å². The minimum absolute atomic E-state index is 0.351. The van der Waals surface area contributed by atoms with Crippen LogP contribution in [0.2, 0.25) is 5.02 Å². The molecule has 0 aliphatic carbocycles. The Morgan fingerprint density at radius 2 is 2.16 bits per heavy atom. The van der Waals surface area contributed by atoms with Crippen LogP contribution < -0.4 is 15.4 Å². The van der Waals surface area contributed by atoms with Crippen LogP contribution >= 0.6 is 11.6 Å². The van der Waals surface area contributed by atoms with E-state index in [1.54, 1.807) is 18.4 Å². The van der Waals surface area contributed by atoms with Gasteiger partial charge < -0.3 is 15.4 Å². The normalized spacial score (nSPS) is 11.8. The zero-order chi connectivity index (χ0) is 14.4. The second-order valence-electron chi connectivity index (χ2n) is 3.96. The van der Waals surface area contributed by atoms with E-state index in [0.29, 0.717) is 28.8 Å². The third-order valence-electron chi connectivity index (χ3n) is 2.40. The van der Waals surface area contributed by atoms with Gasteiger partial charge in [-0.2, -0.15) is 0 Å². The molecule has 0 bridgehead atoms. The summed E-state index contributed by atoms with van der Waals surface area (Å²) < 4.78 is 16.0. The number of anilines is 1. The summed E-state index contributed by atoms with van der Waals surface area (Å²) in [6.07, 6.45) is 1.59. The topological polar surface area (TPSA) is 67.4 Å². The first-order chi connectivity index (χ1) is 8.93. The van der Waals surface area contributed by atoms with Crippen LogP contribution in [-0.2, 0) is 10.8 Å². The van der Waals surface area contributed by atoms with Gasteiger partial charge in [-0.25, -0.2) is 4.79 Å². The molecule has 19 heavy (non-hydrogen) atoms. The van der Waals surface area contributed by atoms with Crippen LogP contribution in [0.5, 0.6) is 5.75 Å². The van der Waals surface area contributed by atoms with Crippen molar-refractivity contribution in [1.29, 1.82) is 0 Å². The fraction of sp³-hybridized carbons (Fsp3) is 0.417. The maximum absolute atomic E-state index is 11.6. The Labute approximate surface area is 120 Å². The van der Waals surface area contributed by atoms with Crippen LogP contribution in [0.15, 0.2) is 12.1 Å². The van der Waals surface area contributed by atoms with Crippen molar-refractivity contribution in [3.05, 3.63) is 22.7 Å². The van der Waals surface area contributed by atoms with E-state index in [1.165, 1.54) is 7.11 Å². The highest BCUT2D eigenvalue weighted by atomic mass is 35.5. The lowest BCUT2D eigenvalue weighted by atomic mass is 10.2. The molecule has 0 aliphatic heterocycles. The van der Waals surface area contributed by atoms with Crippen molar-refractivity contribution < 1.29 is 13.7 Å². The van der Waals surface area contributed by atoms with Crippen molar-refractivity contribution in [2.24, 2.45) is 0 Å². The summed E-state index contributed by atoms with van der Waals surface area (Å²) in [4.78, 5) is 11.6. The van der Waals surface area contributed by atoms with E-state index < -0.39 is 10.8 Å². The molecular weight excluding hydrogens is 288 g/mol. The molecule has 0 radical (unpaired) electrons. The van der Waals surface area contributed by atoms with Crippen molar-refractivity contribution in [1.82, 2.24) is 5.32 Å². The van der Waals surface area contributed by atoms with E-state index in [1.807, 2.05) is 6.92 Å². The molecule has 1 aromatic carbocycles. The van der Waals surface area contributed by atoms with Crippen molar-refractivity contribution in [3.8, 4) is 5.75 Å². The number of carbonyl (C=O) groups excluding carboxylic acids is 1. The minimum atomic E-state index is -0.926. The molecular formula is C12H17ClN2O3S. The van der Waals surface area contributed by atoms with E-state index in [9.17, 15) is 9.00 Å². The standard InChI is InChI=1S/C12H17ClN2O3S/c1-8-6-10(11(18-2)7-9(8)13)15-12(16)14-4-5-19(3)17/h6-7H,4-5H2,1-3H3,(H2,14,15,16)/t19-/m0/s1. The Morgan fingerprint density at radius 1 is 1.47 bits per heavy atom. The molecule has 7 heteroatoms. The number of rotatable bonds is 5. The number of benzene rings is 1. The monoisotopic (exact) mass is 304 g/mol. The molecule has 0 saturated carbocycles. The maximum Gasteiger partial charge on any atom is 0.319 e. The Kier molecular flexibility index (Phi) is 6.11. The second-order valence-corrected chi connectivity index (χ2v) is 5.92. The fourth-order valence-corrected chi connectivity index (χ4v) is 1.95. The molecule has 0 spiro atoms. The zero-order valence-electron chi connectivity index (χ0n) is 11.1. The molecule has 2 N–H and O–H groups in total. The summed E-state index contributed by atoms with van der Waals surface area (Å²) in [6, 6.07) is 3.01. The van der Waals surface area contributed by atoms with E-state index >= 15 is 0 Å². The van der Waals surface area contributed by atoms with Gasteiger partial charge in [-0.1, -0.05) is 11.6 Å². The highest BCUT2D eigenvalue weighted by molar-refractivity contribution is 7.84. The lowest BCUT2D eigenvalue weighted by Crippen LogP contribution is -2.31. The van der Waals surface area contributed by atoms with Gasteiger partial charge in [-0.15, -0.1) is 0 Å². The number of amides is 2. The first-order valence-corrected chi connectivity index (χ1v) is 7.73. The molecule has 0 aliphatic rings. The summed E-state index contributed by atoms with van der Waals surface area (Å²) in [6.45, 7) is 2.19. The quantitative estimate of drug-likeness (QED) is 0.876. The van der Waals surface area contributed by atoms with Crippen LogP contribution in [0, 0.1) is 6.92 Å². The molecule has 1 rings (SSSR count). The summed E-state index contributed by atoms with van der Waals surface area (Å²) in [5.41, 5.74) is 1.38. The van der Waals surface area contributed by atoms with Gasteiger partial charge in [-0.05, 0) is 18.6 Å². The fourth-order valence-electron chi connectivity index (χ4n) is 1.40. The zero-order valence-corrected chi connectivity index (χ0v) is 12.7. The van der Waals surface area contributed by atoms with Gasteiger partial charge in [0.25, 0.3) is 0 Å². The molecule has 0 saturated heterocycles. The number of nitrogens with one attached hydrogen (secondary N) is 2. The van der Waals surface area contributed by atoms with Gasteiger partial charge in [-0.3, -0.25) is 4.21 Å². The highest BCUT2D eigenvalue weighted by Gasteiger charge is 2.10. The first-order valence-electron chi connectivity index (χ1n) is 5.63.